The molecule has 4 N–H and O–H groups in total. The number of aromatic amines is 2. The number of hydrogen-bond acceptors (Lipinski definition) is 4. The molecule has 7 heteroatoms. The van der Waals surface area contributed by atoms with Crippen LogP contribution in [0.15, 0.2) is 33.9 Å². The molecular formula is C22H26N4O3. The van der Waals surface area contributed by atoms with Crippen molar-refractivity contribution in [3.8, 4) is 5.88 Å². The van der Waals surface area contributed by atoms with Gasteiger partial charge in [0.25, 0.3) is 5.56 Å². The predicted molar refractivity (Wildman–Crippen MR) is 112 cm³/mol. The second-order valence-electron chi connectivity index (χ2n) is 8.21. The highest BCUT2D eigenvalue weighted by Gasteiger charge is 2.32. The van der Waals surface area contributed by atoms with Crippen LogP contribution in [-0.2, 0) is 6.42 Å². The normalized spacial score (nSPS) is 20.5. The summed E-state index contributed by atoms with van der Waals surface area (Å²) in [5.74, 6) is -0.199. The molecule has 152 valence electrons. The van der Waals surface area contributed by atoms with Gasteiger partial charge < -0.3 is 15.4 Å². The van der Waals surface area contributed by atoms with Crippen LogP contribution in [0.1, 0.15) is 67.4 Å². The van der Waals surface area contributed by atoms with Gasteiger partial charge in [-0.3, -0.25) is 14.3 Å². The van der Waals surface area contributed by atoms with Crippen LogP contribution in [0, 0.1) is 0 Å². The van der Waals surface area contributed by atoms with Crippen LogP contribution in [0.5, 0.6) is 5.88 Å². The molecule has 1 fully saturated rings. The summed E-state index contributed by atoms with van der Waals surface area (Å²) >= 11 is 0. The Morgan fingerprint density at radius 2 is 1.76 bits per heavy atom. The summed E-state index contributed by atoms with van der Waals surface area (Å²) < 4.78 is 1.42. The zero-order valence-corrected chi connectivity index (χ0v) is 16.3. The molecule has 29 heavy (non-hydrogen) atoms. The summed E-state index contributed by atoms with van der Waals surface area (Å²) in [6, 6.07) is 7.51. The van der Waals surface area contributed by atoms with E-state index >= 15 is 0 Å². The number of para-hydroxylation sites is 1. The van der Waals surface area contributed by atoms with Gasteiger partial charge in [0.05, 0.1) is 6.04 Å². The lowest BCUT2D eigenvalue weighted by Crippen LogP contribution is -2.40. The highest BCUT2D eigenvalue weighted by atomic mass is 16.3. The van der Waals surface area contributed by atoms with Crippen LogP contribution in [0.3, 0.4) is 0 Å². The molecule has 7 nitrogen and oxygen atoms in total. The molecule has 1 saturated carbocycles. The molecule has 0 bridgehead atoms. The van der Waals surface area contributed by atoms with Gasteiger partial charge in [-0.15, -0.1) is 0 Å². The summed E-state index contributed by atoms with van der Waals surface area (Å²) in [5, 5.41) is 15.6. The van der Waals surface area contributed by atoms with Crippen molar-refractivity contribution in [2.45, 2.75) is 57.0 Å². The van der Waals surface area contributed by atoms with Gasteiger partial charge in [0.1, 0.15) is 5.56 Å². The van der Waals surface area contributed by atoms with Gasteiger partial charge in [0.2, 0.25) is 5.88 Å². The second-order valence-corrected chi connectivity index (χ2v) is 8.21. The van der Waals surface area contributed by atoms with Crippen molar-refractivity contribution < 1.29 is 5.11 Å². The van der Waals surface area contributed by atoms with Crippen molar-refractivity contribution in [3.63, 3.8) is 0 Å². The van der Waals surface area contributed by atoms with Gasteiger partial charge in [0.15, 0.2) is 0 Å². The summed E-state index contributed by atoms with van der Waals surface area (Å²) in [4.78, 5) is 31.3. The smallest absolute Gasteiger partial charge is 0.331 e. The number of rotatable bonds is 2. The SMILES string of the molecule is O=c1[nH]c(=O)n(C2CCCCCC2)c(O)c1[C@@H]1NCCc2c1[nH]c1ccccc21. The Bertz CT molecular complexity index is 1160. The monoisotopic (exact) mass is 394 g/mol. The first kappa shape index (κ1) is 18.2. The highest BCUT2D eigenvalue weighted by molar-refractivity contribution is 5.85. The van der Waals surface area contributed by atoms with Gasteiger partial charge in [-0.1, -0.05) is 43.9 Å². The number of nitrogens with zero attached hydrogens (tertiary/aromatic N) is 1. The minimum Gasteiger partial charge on any atom is -0.494 e. The first-order valence-corrected chi connectivity index (χ1v) is 10.6. The number of nitrogens with one attached hydrogen (secondary N) is 3. The van der Waals surface area contributed by atoms with Gasteiger partial charge >= 0.3 is 5.69 Å². The topological polar surface area (TPSA) is 103 Å². The lowest BCUT2D eigenvalue weighted by atomic mass is 9.95. The average Bonchev–Trinajstić information content (AvgIpc) is 2.88. The summed E-state index contributed by atoms with van der Waals surface area (Å²) in [6.07, 6.45) is 6.87. The van der Waals surface area contributed by atoms with E-state index in [-0.39, 0.29) is 17.5 Å². The van der Waals surface area contributed by atoms with E-state index in [1.807, 2.05) is 18.2 Å². The van der Waals surface area contributed by atoms with E-state index in [0.29, 0.717) is 6.54 Å². The fourth-order valence-corrected chi connectivity index (χ4v) is 5.09. The van der Waals surface area contributed by atoms with Gasteiger partial charge in [-0.05, 0) is 30.9 Å². The molecule has 2 aliphatic rings. The minimum atomic E-state index is -0.527. The Hall–Kier alpha value is -2.80. The zero-order valence-electron chi connectivity index (χ0n) is 16.3. The van der Waals surface area contributed by atoms with Crippen LogP contribution < -0.4 is 16.6 Å². The molecule has 1 aliphatic heterocycles. The van der Waals surface area contributed by atoms with Crippen molar-refractivity contribution in [1.82, 2.24) is 19.9 Å². The second kappa shape index (κ2) is 7.22. The van der Waals surface area contributed by atoms with E-state index in [2.05, 4.69) is 21.4 Å². The molecule has 0 saturated heterocycles. The van der Waals surface area contributed by atoms with Crippen LogP contribution >= 0.6 is 0 Å². The lowest BCUT2D eigenvalue weighted by Gasteiger charge is -2.27. The fraction of sp³-hybridized carbons (Fsp3) is 0.455. The van der Waals surface area contributed by atoms with E-state index in [1.165, 1.54) is 4.57 Å². The van der Waals surface area contributed by atoms with E-state index in [1.54, 1.807) is 0 Å². The predicted octanol–water partition coefficient (Wildman–Crippen LogP) is 2.85. The van der Waals surface area contributed by atoms with E-state index in [0.717, 1.165) is 67.1 Å². The van der Waals surface area contributed by atoms with Gasteiger partial charge in [-0.2, -0.15) is 0 Å². The van der Waals surface area contributed by atoms with Crippen molar-refractivity contribution in [2.24, 2.45) is 0 Å². The number of benzene rings is 1. The Balaban J connectivity index is 1.67. The first-order chi connectivity index (χ1) is 14.1. The van der Waals surface area contributed by atoms with E-state index in [4.69, 9.17) is 0 Å². The molecule has 0 amide bonds. The Morgan fingerprint density at radius 1 is 1.00 bits per heavy atom. The van der Waals surface area contributed by atoms with Crippen LogP contribution in [0.4, 0.5) is 0 Å². The third kappa shape index (κ3) is 3.00. The molecule has 0 radical (unpaired) electrons. The Morgan fingerprint density at radius 3 is 2.55 bits per heavy atom. The van der Waals surface area contributed by atoms with Crippen molar-refractivity contribution in [2.75, 3.05) is 6.54 Å². The highest BCUT2D eigenvalue weighted by Crippen LogP contribution is 2.36. The van der Waals surface area contributed by atoms with Gasteiger partial charge in [0, 0.05) is 29.2 Å². The minimum absolute atomic E-state index is 0.0774. The molecule has 1 aromatic carbocycles. The van der Waals surface area contributed by atoms with E-state index in [9.17, 15) is 14.7 Å². The average molecular weight is 394 g/mol. The molecule has 1 atom stereocenters. The van der Waals surface area contributed by atoms with Crippen LogP contribution in [0.2, 0.25) is 0 Å². The van der Waals surface area contributed by atoms with Gasteiger partial charge in [-0.25, -0.2) is 4.79 Å². The lowest BCUT2D eigenvalue weighted by molar-refractivity contribution is 0.329. The Labute approximate surface area is 167 Å². The van der Waals surface area contributed by atoms with Crippen molar-refractivity contribution in [3.05, 3.63) is 61.9 Å². The third-order valence-corrected chi connectivity index (χ3v) is 6.49. The number of aromatic hydroxyl groups is 1. The number of aromatic nitrogens is 3. The number of H-pyrrole nitrogens is 2. The largest absolute Gasteiger partial charge is 0.494 e. The molecule has 5 rings (SSSR count). The molecule has 0 spiro atoms. The standard InChI is InChI=1S/C22H26N4O3/c27-20-17(21(28)26(22(29)25-20)13-7-3-1-2-4-8-13)19-18-15(11-12-23-19)14-9-5-6-10-16(14)24-18/h5-6,9-10,13,19,23-24,28H,1-4,7-8,11-12H2,(H,25,27,29)/t19-/m0/s1. The maximum absolute atomic E-state index is 12.8. The zero-order chi connectivity index (χ0) is 20.0. The molecule has 0 unspecified atom stereocenters. The summed E-state index contributed by atoms with van der Waals surface area (Å²) in [6.45, 7) is 0.695. The summed E-state index contributed by atoms with van der Waals surface area (Å²) in [7, 11) is 0. The fourth-order valence-electron chi connectivity index (χ4n) is 5.09. The molecule has 1 aliphatic carbocycles. The first-order valence-electron chi connectivity index (χ1n) is 10.6. The maximum Gasteiger partial charge on any atom is 0.331 e. The quantitative estimate of drug-likeness (QED) is 0.502. The summed E-state index contributed by atoms with van der Waals surface area (Å²) in [5.41, 5.74) is 2.25. The molecule has 2 aromatic heterocycles. The Kier molecular flexibility index (Phi) is 4.54. The van der Waals surface area contributed by atoms with Crippen molar-refractivity contribution >= 4 is 10.9 Å². The van der Waals surface area contributed by atoms with Crippen molar-refractivity contribution in [1.29, 1.82) is 0 Å². The number of fused-ring (bicyclic) bond motifs is 3. The van der Waals surface area contributed by atoms with Crippen LogP contribution in [0.25, 0.3) is 10.9 Å². The van der Waals surface area contributed by atoms with Crippen LogP contribution in [-0.4, -0.2) is 26.2 Å². The number of hydrogen-bond donors (Lipinski definition) is 4. The third-order valence-electron chi connectivity index (χ3n) is 6.49. The molecule has 3 heterocycles. The molecule has 3 aromatic rings. The maximum atomic E-state index is 12.8. The van der Waals surface area contributed by atoms with E-state index < -0.39 is 17.3 Å². The molecular weight excluding hydrogens is 368 g/mol.